The van der Waals surface area contributed by atoms with Crippen molar-refractivity contribution in [3.8, 4) is 28.7 Å². The van der Waals surface area contributed by atoms with Crippen LogP contribution in [0.1, 0.15) is 48.5 Å². The Labute approximate surface area is 199 Å². The van der Waals surface area contributed by atoms with Crippen LogP contribution in [0.4, 0.5) is 0 Å². The van der Waals surface area contributed by atoms with Crippen molar-refractivity contribution >= 4 is 11.9 Å². The zero-order valence-electron chi connectivity index (χ0n) is 19.2. The molecular formula is C28H27NO5. The first-order valence-corrected chi connectivity index (χ1v) is 11.2. The third-order valence-electron chi connectivity index (χ3n) is 5.11. The molecule has 0 atom stereocenters. The number of hydrogen-bond donors (Lipinski definition) is 0. The van der Waals surface area contributed by atoms with Crippen molar-refractivity contribution in [1.82, 2.24) is 0 Å². The topological polar surface area (TPSA) is 85.6 Å². The first-order valence-electron chi connectivity index (χ1n) is 11.2. The molecule has 0 unspecified atom stereocenters. The predicted octanol–water partition coefficient (Wildman–Crippen LogP) is 5.95. The summed E-state index contributed by atoms with van der Waals surface area (Å²) in [5, 5.41) is 8.91. The van der Waals surface area contributed by atoms with E-state index in [9.17, 15) is 9.59 Å². The van der Waals surface area contributed by atoms with Gasteiger partial charge in [0.05, 0.1) is 30.4 Å². The number of hydrogen-bond acceptors (Lipinski definition) is 6. The fourth-order valence-corrected chi connectivity index (χ4v) is 3.27. The number of nitriles is 1. The Balaban J connectivity index is 1.42. The van der Waals surface area contributed by atoms with Crippen LogP contribution in [-0.4, -0.2) is 25.2 Å². The Morgan fingerprint density at radius 3 is 1.88 bits per heavy atom. The molecule has 0 amide bonds. The van der Waals surface area contributed by atoms with Crippen molar-refractivity contribution in [2.75, 3.05) is 13.2 Å². The van der Waals surface area contributed by atoms with Crippen LogP contribution in [0.25, 0.3) is 11.1 Å². The lowest BCUT2D eigenvalue weighted by Crippen LogP contribution is -2.08. The summed E-state index contributed by atoms with van der Waals surface area (Å²) in [5.41, 5.74) is 3.00. The minimum atomic E-state index is -0.439. The zero-order valence-corrected chi connectivity index (χ0v) is 19.2. The lowest BCUT2D eigenvalue weighted by atomic mass is 10.0. The van der Waals surface area contributed by atoms with Gasteiger partial charge < -0.3 is 14.2 Å². The van der Waals surface area contributed by atoms with Gasteiger partial charge in [-0.2, -0.15) is 5.26 Å². The van der Waals surface area contributed by atoms with E-state index in [0.717, 1.165) is 36.8 Å². The van der Waals surface area contributed by atoms with Gasteiger partial charge >= 0.3 is 11.9 Å². The third kappa shape index (κ3) is 7.79. The van der Waals surface area contributed by atoms with Crippen LogP contribution in [0, 0.1) is 11.3 Å². The van der Waals surface area contributed by atoms with Crippen LogP contribution in [-0.2, 0) is 9.53 Å². The van der Waals surface area contributed by atoms with Crippen molar-refractivity contribution in [2.24, 2.45) is 0 Å². The van der Waals surface area contributed by atoms with Gasteiger partial charge in [0.1, 0.15) is 11.5 Å². The summed E-state index contributed by atoms with van der Waals surface area (Å²) < 4.78 is 16.1. The van der Waals surface area contributed by atoms with Crippen molar-refractivity contribution < 1.29 is 23.8 Å². The number of carbonyl (C=O) groups is 2. The molecule has 0 aliphatic carbocycles. The highest BCUT2D eigenvalue weighted by Gasteiger charge is 2.09. The van der Waals surface area contributed by atoms with Crippen molar-refractivity contribution in [3.63, 3.8) is 0 Å². The molecule has 0 N–H and O–H groups in total. The summed E-state index contributed by atoms with van der Waals surface area (Å²) in [7, 11) is 0. The van der Waals surface area contributed by atoms with Crippen molar-refractivity contribution in [2.45, 2.75) is 32.6 Å². The van der Waals surface area contributed by atoms with Crippen LogP contribution in [0.5, 0.6) is 11.5 Å². The largest absolute Gasteiger partial charge is 0.494 e. The molecule has 0 aromatic heterocycles. The smallest absolute Gasteiger partial charge is 0.343 e. The van der Waals surface area contributed by atoms with Crippen LogP contribution in [0.3, 0.4) is 0 Å². The molecule has 6 heteroatoms. The fraction of sp³-hybridized carbons (Fsp3) is 0.250. The van der Waals surface area contributed by atoms with Gasteiger partial charge in [0.2, 0.25) is 0 Å². The lowest BCUT2D eigenvalue weighted by molar-refractivity contribution is -0.141. The maximum atomic E-state index is 12.5. The van der Waals surface area contributed by atoms with Crippen LogP contribution >= 0.6 is 0 Å². The van der Waals surface area contributed by atoms with Crippen LogP contribution < -0.4 is 9.47 Å². The van der Waals surface area contributed by atoms with Gasteiger partial charge in [-0.05, 0) is 85.3 Å². The van der Waals surface area contributed by atoms with Crippen molar-refractivity contribution in [1.29, 1.82) is 5.26 Å². The number of carbonyl (C=O) groups excluding carboxylic acids is 2. The number of benzene rings is 3. The number of nitrogens with zero attached hydrogens (tertiary/aromatic N) is 1. The molecule has 6 nitrogen and oxygen atoms in total. The molecule has 3 aromatic carbocycles. The highest BCUT2D eigenvalue weighted by molar-refractivity contribution is 5.91. The summed E-state index contributed by atoms with van der Waals surface area (Å²) in [6.45, 7) is 2.47. The zero-order chi connectivity index (χ0) is 24.2. The standard InChI is InChI=1S/C28H27NO5/c1-21(30)32-18-4-2-3-5-19-33-26-14-12-25(13-15-26)28(31)34-27-16-10-24(11-17-27)23-8-6-22(20-29)7-9-23/h6-17H,2-5,18-19H2,1H3. The molecule has 3 rings (SSSR count). The van der Waals surface area contributed by atoms with Crippen molar-refractivity contribution in [3.05, 3.63) is 83.9 Å². The molecule has 0 aliphatic heterocycles. The van der Waals surface area contributed by atoms with Gasteiger partial charge in [0.15, 0.2) is 0 Å². The average Bonchev–Trinajstić information content (AvgIpc) is 2.86. The molecule has 0 spiro atoms. The minimum Gasteiger partial charge on any atom is -0.494 e. The number of esters is 2. The first-order chi connectivity index (χ1) is 16.5. The fourth-order valence-electron chi connectivity index (χ4n) is 3.27. The summed E-state index contributed by atoms with van der Waals surface area (Å²) in [5.74, 6) is 0.471. The van der Waals surface area contributed by atoms with Gasteiger partial charge in [-0.3, -0.25) is 4.79 Å². The second kappa shape index (κ2) is 12.8. The van der Waals surface area contributed by atoms with E-state index < -0.39 is 5.97 Å². The minimum absolute atomic E-state index is 0.242. The Hall–Kier alpha value is -4.11. The summed E-state index contributed by atoms with van der Waals surface area (Å²) in [4.78, 5) is 23.1. The molecular weight excluding hydrogens is 430 g/mol. The average molecular weight is 458 g/mol. The monoisotopic (exact) mass is 457 g/mol. The van der Waals surface area contributed by atoms with E-state index in [0.29, 0.717) is 35.8 Å². The number of rotatable bonds is 11. The number of unbranched alkanes of at least 4 members (excludes halogenated alkanes) is 3. The van der Waals surface area contributed by atoms with Gasteiger partial charge in [-0.15, -0.1) is 0 Å². The third-order valence-corrected chi connectivity index (χ3v) is 5.11. The first kappa shape index (κ1) is 24.5. The SMILES string of the molecule is CC(=O)OCCCCCCOc1ccc(C(=O)Oc2ccc(-c3ccc(C#N)cc3)cc2)cc1. The Morgan fingerprint density at radius 1 is 0.735 bits per heavy atom. The van der Waals surface area contributed by atoms with E-state index in [1.54, 1.807) is 48.5 Å². The predicted molar refractivity (Wildman–Crippen MR) is 129 cm³/mol. The Kier molecular flexibility index (Phi) is 9.24. The maximum absolute atomic E-state index is 12.5. The molecule has 3 aromatic rings. The summed E-state index contributed by atoms with van der Waals surface area (Å²) >= 11 is 0. The van der Waals surface area contributed by atoms with Gasteiger partial charge in [0, 0.05) is 6.92 Å². The molecule has 174 valence electrons. The Bertz CT molecular complexity index is 1110. The molecule has 34 heavy (non-hydrogen) atoms. The highest BCUT2D eigenvalue weighted by atomic mass is 16.5. The molecule has 0 fully saturated rings. The van der Waals surface area contributed by atoms with E-state index in [-0.39, 0.29) is 5.97 Å². The van der Waals surface area contributed by atoms with Gasteiger partial charge in [-0.25, -0.2) is 4.79 Å². The Morgan fingerprint density at radius 2 is 1.29 bits per heavy atom. The number of ether oxygens (including phenoxy) is 3. The van der Waals surface area contributed by atoms with E-state index in [1.807, 2.05) is 24.3 Å². The molecule has 0 bridgehead atoms. The maximum Gasteiger partial charge on any atom is 0.343 e. The lowest BCUT2D eigenvalue weighted by Gasteiger charge is -2.08. The van der Waals surface area contributed by atoms with E-state index in [2.05, 4.69) is 6.07 Å². The molecule has 0 saturated heterocycles. The van der Waals surface area contributed by atoms with E-state index >= 15 is 0 Å². The van der Waals surface area contributed by atoms with Crippen LogP contribution in [0.2, 0.25) is 0 Å². The van der Waals surface area contributed by atoms with E-state index in [1.165, 1.54) is 6.92 Å². The quantitative estimate of drug-likeness (QED) is 0.201. The van der Waals surface area contributed by atoms with Gasteiger partial charge in [-0.1, -0.05) is 24.3 Å². The second-order valence-corrected chi connectivity index (χ2v) is 7.73. The molecule has 0 heterocycles. The molecule has 0 aliphatic rings. The van der Waals surface area contributed by atoms with E-state index in [4.69, 9.17) is 19.5 Å². The highest BCUT2D eigenvalue weighted by Crippen LogP contribution is 2.23. The summed E-state index contributed by atoms with van der Waals surface area (Å²) in [6.07, 6.45) is 3.74. The normalized spacial score (nSPS) is 10.2. The molecule has 0 saturated carbocycles. The summed E-state index contributed by atoms with van der Waals surface area (Å²) in [6, 6.07) is 23.5. The second-order valence-electron chi connectivity index (χ2n) is 7.73. The van der Waals surface area contributed by atoms with Gasteiger partial charge in [0.25, 0.3) is 0 Å². The molecule has 0 radical (unpaired) electrons. The van der Waals surface area contributed by atoms with Crippen LogP contribution in [0.15, 0.2) is 72.8 Å².